The van der Waals surface area contributed by atoms with Gasteiger partial charge in [0.05, 0.1) is 12.8 Å². The molecule has 0 aliphatic rings. The highest BCUT2D eigenvalue weighted by Gasteiger charge is 2.13. The van der Waals surface area contributed by atoms with E-state index >= 15 is 0 Å². The Balaban J connectivity index is 2.02. The van der Waals surface area contributed by atoms with Crippen LogP contribution in [0.4, 0.5) is 15.8 Å². The Morgan fingerprint density at radius 2 is 2.04 bits per heavy atom. The van der Waals surface area contributed by atoms with E-state index < -0.39 is 5.82 Å². The molecule has 0 unspecified atom stereocenters. The van der Waals surface area contributed by atoms with Gasteiger partial charge in [-0.2, -0.15) is 4.98 Å². The van der Waals surface area contributed by atoms with Crippen molar-refractivity contribution in [1.82, 2.24) is 15.1 Å². The summed E-state index contributed by atoms with van der Waals surface area (Å²) in [6.45, 7) is 7.20. The zero-order valence-corrected chi connectivity index (χ0v) is 12.5. The van der Waals surface area contributed by atoms with Gasteiger partial charge in [-0.1, -0.05) is 5.16 Å². The van der Waals surface area contributed by atoms with Crippen LogP contribution in [-0.4, -0.2) is 29.2 Å². The second-order valence-corrected chi connectivity index (χ2v) is 5.03. The smallest absolute Gasteiger partial charge is 0.276 e. The lowest BCUT2D eigenvalue weighted by Crippen LogP contribution is -2.08. The number of aromatic nitrogens is 3. The van der Waals surface area contributed by atoms with Gasteiger partial charge in [0.2, 0.25) is 5.82 Å². The van der Waals surface area contributed by atoms with Crippen molar-refractivity contribution in [3.8, 4) is 23.0 Å². The number of benzene rings is 1. The fourth-order valence-corrected chi connectivity index (χ4v) is 1.99. The van der Waals surface area contributed by atoms with E-state index in [9.17, 15) is 4.39 Å². The molecule has 114 valence electrons. The molecule has 0 spiro atoms. The molecule has 0 bridgehead atoms. The predicted molar refractivity (Wildman–Crippen MR) is 83.5 cm³/mol. The van der Waals surface area contributed by atoms with E-state index in [0.29, 0.717) is 22.8 Å². The van der Waals surface area contributed by atoms with Crippen LogP contribution in [-0.2, 0) is 0 Å². The van der Waals surface area contributed by atoms with Crippen molar-refractivity contribution in [3.05, 3.63) is 53.8 Å². The second kappa shape index (κ2) is 5.85. The zero-order chi connectivity index (χ0) is 16.4. The lowest BCUT2D eigenvalue weighted by Gasteiger charge is -2.13. The van der Waals surface area contributed by atoms with Crippen molar-refractivity contribution in [1.29, 1.82) is 0 Å². The van der Waals surface area contributed by atoms with Gasteiger partial charge in [-0.05, 0) is 30.3 Å². The number of anilines is 1. The SMILES string of the molecule is [C-]#[N+]c1cc(-c2noc(-c3ccc(F)cn3)n2)cc(N(C)C)c1. The summed E-state index contributed by atoms with van der Waals surface area (Å²) in [7, 11) is 3.77. The lowest BCUT2D eigenvalue weighted by molar-refractivity contribution is 0.431. The van der Waals surface area contributed by atoms with E-state index in [2.05, 4.69) is 20.0 Å². The molecule has 1 aromatic carbocycles. The molecule has 7 heteroatoms. The topological polar surface area (TPSA) is 59.4 Å². The summed E-state index contributed by atoms with van der Waals surface area (Å²) in [5, 5.41) is 3.92. The monoisotopic (exact) mass is 309 g/mol. The highest BCUT2D eigenvalue weighted by atomic mass is 19.1. The van der Waals surface area contributed by atoms with E-state index in [4.69, 9.17) is 11.1 Å². The molecule has 0 atom stereocenters. The van der Waals surface area contributed by atoms with Crippen molar-refractivity contribution in [2.45, 2.75) is 0 Å². The van der Waals surface area contributed by atoms with Crippen molar-refractivity contribution in [2.75, 3.05) is 19.0 Å². The van der Waals surface area contributed by atoms with E-state index in [1.54, 1.807) is 12.1 Å². The standard InChI is InChI=1S/C16H12FN5O/c1-18-12-6-10(7-13(8-12)22(2)3)15-20-16(23-21-15)14-5-4-11(17)9-19-14/h4-9H,2-3H3. The largest absolute Gasteiger partial charge is 0.379 e. The molecular formula is C16H12FN5O. The zero-order valence-electron chi connectivity index (χ0n) is 12.5. The molecule has 2 heterocycles. The van der Waals surface area contributed by atoms with Crippen LogP contribution in [0.25, 0.3) is 27.8 Å². The molecular weight excluding hydrogens is 297 g/mol. The normalized spacial score (nSPS) is 10.3. The summed E-state index contributed by atoms with van der Waals surface area (Å²) in [6.07, 6.45) is 1.09. The van der Waals surface area contributed by atoms with Crippen LogP contribution >= 0.6 is 0 Å². The fraction of sp³-hybridized carbons (Fsp3) is 0.125. The number of rotatable bonds is 3. The molecule has 3 rings (SSSR count). The van der Waals surface area contributed by atoms with E-state index in [0.717, 1.165) is 11.9 Å². The van der Waals surface area contributed by atoms with Gasteiger partial charge in [-0.3, -0.25) is 0 Å². The van der Waals surface area contributed by atoms with Crippen molar-refractivity contribution >= 4 is 11.4 Å². The van der Waals surface area contributed by atoms with Crippen LogP contribution in [0.3, 0.4) is 0 Å². The molecule has 23 heavy (non-hydrogen) atoms. The number of hydrogen-bond acceptors (Lipinski definition) is 5. The van der Waals surface area contributed by atoms with E-state index in [1.165, 1.54) is 12.1 Å². The molecule has 0 saturated heterocycles. The Morgan fingerprint density at radius 3 is 2.70 bits per heavy atom. The summed E-state index contributed by atoms with van der Waals surface area (Å²) in [6, 6.07) is 8.07. The van der Waals surface area contributed by atoms with E-state index in [1.807, 2.05) is 25.1 Å². The maximum atomic E-state index is 12.9. The van der Waals surface area contributed by atoms with Gasteiger partial charge in [0, 0.05) is 25.3 Å². The molecule has 0 radical (unpaired) electrons. The van der Waals surface area contributed by atoms with Gasteiger partial charge in [0.15, 0.2) is 5.69 Å². The minimum absolute atomic E-state index is 0.194. The fourth-order valence-electron chi connectivity index (χ4n) is 1.99. The van der Waals surface area contributed by atoms with Crippen LogP contribution in [0.5, 0.6) is 0 Å². The summed E-state index contributed by atoms with van der Waals surface area (Å²) in [4.78, 5) is 13.5. The first-order valence-corrected chi connectivity index (χ1v) is 6.72. The van der Waals surface area contributed by atoms with Crippen LogP contribution in [0.2, 0.25) is 0 Å². The summed E-state index contributed by atoms with van der Waals surface area (Å²) in [5.41, 5.74) is 2.40. The third-order valence-corrected chi connectivity index (χ3v) is 3.18. The average molecular weight is 309 g/mol. The molecule has 0 amide bonds. The first-order chi connectivity index (χ1) is 11.1. The molecule has 0 aliphatic heterocycles. The van der Waals surface area contributed by atoms with Gasteiger partial charge < -0.3 is 9.42 Å². The second-order valence-electron chi connectivity index (χ2n) is 5.03. The van der Waals surface area contributed by atoms with Crippen molar-refractivity contribution < 1.29 is 8.91 Å². The molecule has 2 aromatic heterocycles. The quantitative estimate of drug-likeness (QED) is 0.692. The minimum atomic E-state index is -0.436. The van der Waals surface area contributed by atoms with Crippen LogP contribution < -0.4 is 4.90 Å². The number of hydrogen-bond donors (Lipinski definition) is 0. The van der Waals surface area contributed by atoms with Crippen molar-refractivity contribution in [2.24, 2.45) is 0 Å². The summed E-state index contributed by atoms with van der Waals surface area (Å²) in [5.74, 6) is 0.105. The maximum absolute atomic E-state index is 12.9. The molecule has 0 aliphatic carbocycles. The molecule has 0 fully saturated rings. The molecule has 6 nitrogen and oxygen atoms in total. The molecule has 0 N–H and O–H groups in total. The Hall–Kier alpha value is -3.27. The lowest BCUT2D eigenvalue weighted by atomic mass is 10.1. The molecule has 3 aromatic rings. The number of pyridine rings is 1. The first-order valence-electron chi connectivity index (χ1n) is 6.72. The first kappa shape index (κ1) is 14.7. The van der Waals surface area contributed by atoms with Crippen LogP contribution in [0.15, 0.2) is 41.1 Å². The van der Waals surface area contributed by atoms with Crippen molar-refractivity contribution in [3.63, 3.8) is 0 Å². The summed E-state index contributed by atoms with van der Waals surface area (Å²) >= 11 is 0. The Labute approximate surface area is 132 Å². The Bertz CT molecular complexity index is 880. The molecule has 0 saturated carbocycles. The average Bonchev–Trinajstić information content (AvgIpc) is 3.05. The highest BCUT2D eigenvalue weighted by molar-refractivity contribution is 5.71. The van der Waals surface area contributed by atoms with Gasteiger partial charge in [0.25, 0.3) is 5.89 Å². The number of nitrogens with zero attached hydrogens (tertiary/aromatic N) is 5. The Morgan fingerprint density at radius 1 is 1.22 bits per heavy atom. The van der Waals surface area contributed by atoms with Gasteiger partial charge in [-0.15, -0.1) is 0 Å². The van der Waals surface area contributed by atoms with Gasteiger partial charge >= 0.3 is 0 Å². The minimum Gasteiger partial charge on any atom is -0.379 e. The highest BCUT2D eigenvalue weighted by Crippen LogP contribution is 2.29. The van der Waals surface area contributed by atoms with E-state index in [-0.39, 0.29) is 5.89 Å². The third kappa shape index (κ3) is 3.01. The van der Waals surface area contributed by atoms with Crippen LogP contribution in [0.1, 0.15) is 0 Å². The summed E-state index contributed by atoms with van der Waals surface area (Å²) < 4.78 is 18.1. The maximum Gasteiger partial charge on any atom is 0.276 e. The van der Waals surface area contributed by atoms with Crippen LogP contribution in [0, 0.1) is 12.4 Å². The predicted octanol–water partition coefficient (Wildman–Crippen LogP) is 3.55. The third-order valence-electron chi connectivity index (χ3n) is 3.18. The van der Waals surface area contributed by atoms with Gasteiger partial charge in [0.1, 0.15) is 11.5 Å². The number of halogens is 1. The van der Waals surface area contributed by atoms with Gasteiger partial charge in [-0.25, -0.2) is 14.2 Å². The Kier molecular flexibility index (Phi) is 3.73.